The average molecular weight is 523 g/mol. The molecule has 3 amide bonds. The van der Waals surface area contributed by atoms with Crippen molar-refractivity contribution in [1.82, 2.24) is 4.90 Å². The number of carbonyl (C=O) groups is 3. The molecule has 8 nitrogen and oxygen atoms in total. The lowest BCUT2D eigenvalue weighted by Crippen LogP contribution is -2.46. The van der Waals surface area contributed by atoms with E-state index in [4.69, 9.17) is 25.8 Å². The van der Waals surface area contributed by atoms with Gasteiger partial charge in [0.2, 0.25) is 5.91 Å². The fourth-order valence-corrected chi connectivity index (χ4v) is 4.45. The van der Waals surface area contributed by atoms with Crippen molar-refractivity contribution in [2.75, 3.05) is 32.8 Å². The summed E-state index contributed by atoms with van der Waals surface area (Å²) in [7, 11) is 4.62. The predicted octanol–water partition coefficient (Wildman–Crippen LogP) is 4.38. The van der Waals surface area contributed by atoms with Gasteiger partial charge in [-0.05, 0) is 66.6 Å². The SMILES string of the molecule is COc1cccc(C(=O)N(CCc2ccc(OC)c(OC)c2)C2CC(=O)N(c3ccc(Cl)cc3)C2=O)c1. The third-order valence-electron chi connectivity index (χ3n) is 6.25. The largest absolute Gasteiger partial charge is 0.497 e. The molecule has 0 bridgehead atoms. The van der Waals surface area contributed by atoms with Gasteiger partial charge in [-0.15, -0.1) is 0 Å². The Morgan fingerprint density at radius 1 is 0.946 bits per heavy atom. The Balaban J connectivity index is 1.65. The van der Waals surface area contributed by atoms with E-state index in [0.717, 1.165) is 10.5 Å². The second kappa shape index (κ2) is 11.3. The Labute approximate surface area is 220 Å². The van der Waals surface area contributed by atoms with E-state index in [1.807, 2.05) is 12.1 Å². The second-order valence-corrected chi connectivity index (χ2v) is 8.87. The van der Waals surface area contributed by atoms with Crippen LogP contribution in [0.1, 0.15) is 22.3 Å². The molecule has 1 aliphatic heterocycles. The van der Waals surface area contributed by atoms with Crippen molar-refractivity contribution in [1.29, 1.82) is 0 Å². The van der Waals surface area contributed by atoms with Crippen LogP contribution >= 0.6 is 11.6 Å². The van der Waals surface area contributed by atoms with Crippen molar-refractivity contribution in [3.8, 4) is 17.2 Å². The lowest BCUT2D eigenvalue weighted by atomic mass is 10.1. The van der Waals surface area contributed by atoms with Crippen LogP contribution in [0.25, 0.3) is 0 Å². The van der Waals surface area contributed by atoms with Gasteiger partial charge < -0.3 is 19.1 Å². The number of hydrogen-bond acceptors (Lipinski definition) is 6. The van der Waals surface area contributed by atoms with Crippen LogP contribution in [0, 0.1) is 0 Å². The first-order valence-corrected chi connectivity index (χ1v) is 12.0. The second-order valence-electron chi connectivity index (χ2n) is 8.43. The number of nitrogens with zero attached hydrogens (tertiary/aromatic N) is 2. The van der Waals surface area contributed by atoms with Crippen LogP contribution in [0.3, 0.4) is 0 Å². The van der Waals surface area contributed by atoms with Gasteiger partial charge in [0.05, 0.1) is 33.4 Å². The maximum Gasteiger partial charge on any atom is 0.257 e. The summed E-state index contributed by atoms with van der Waals surface area (Å²) in [6, 6.07) is 17.7. The first kappa shape index (κ1) is 26.0. The summed E-state index contributed by atoms with van der Waals surface area (Å²) in [4.78, 5) is 42.8. The van der Waals surface area contributed by atoms with Gasteiger partial charge in [0, 0.05) is 17.1 Å². The van der Waals surface area contributed by atoms with E-state index in [9.17, 15) is 14.4 Å². The topological polar surface area (TPSA) is 85.4 Å². The number of methoxy groups -OCH3 is 3. The van der Waals surface area contributed by atoms with E-state index in [2.05, 4.69) is 0 Å². The van der Waals surface area contributed by atoms with E-state index in [0.29, 0.717) is 39.9 Å². The third-order valence-corrected chi connectivity index (χ3v) is 6.50. The lowest BCUT2D eigenvalue weighted by Gasteiger charge is -2.28. The summed E-state index contributed by atoms with van der Waals surface area (Å²) in [5.74, 6) is 0.450. The number of imide groups is 1. The number of hydrogen-bond donors (Lipinski definition) is 0. The normalized spacial score (nSPS) is 15.0. The summed E-state index contributed by atoms with van der Waals surface area (Å²) < 4.78 is 16.0. The molecule has 0 spiro atoms. The van der Waals surface area contributed by atoms with E-state index in [1.54, 1.807) is 68.8 Å². The average Bonchev–Trinajstić information content (AvgIpc) is 3.22. The highest BCUT2D eigenvalue weighted by molar-refractivity contribution is 6.31. The first-order valence-electron chi connectivity index (χ1n) is 11.6. The molecule has 192 valence electrons. The van der Waals surface area contributed by atoms with Gasteiger partial charge in [-0.2, -0.15) is 0 Å². The fourth-order valence-electron chi connectivity index (χ4n) is 4.33. The molecular formula is C28H27ClN2O6. The molecule has 1 fully saturated rings. The molecule has 0 saturated carbocycles. The minimum atomic E-state index is -0.956. The van der Waals surface area contributed by atoms with Gasteiger partial charge in [-0.1, -0.05) is 23.7 Å². The molecule has 3 aromatic carbocycles. The smallest absolute Gasteiger partial charge is 0.257 e. The van der Waals surface area contributed by atoms with Gasteiger partial charge in [0.25, 0.3) is 11.8 Å². The number of ether oxygens (including phenoxy) is 3. The molecule has 0 radical (unpaired) electrons. The Bertz CT molecular complexity index is 1310. The number of anilines is 1. The predicted molar refractivity (Wildman–Crippen MR) is 140 cm³/mol. The molecule has 0 N–H and O–H groups in total. The van der Waals surface area contributed by atoms with Crippen molar-refractivity contribution in [2.24, 2.45) is 0 Å². The summed E-state index contributed by atoms with van der Waals surface area (Å²) in [6.07, 6.45) is 0.304. The standard InChI is InChI=1S/C28H27ClN2O6/c1-35-22-6-4-5-19(16-22)27(33)30(14-13-18-7-12-24(36-2)25(15-18)37-3)23-17-26(32)31(28(23)34)21-10-8-20(29)9-11-21/h4-12,15-16,23H,13-14,17H2,1-3H3. The van der Waals surface area contributed by atoms with Crippen molar-refractivity contribution in [3.05, 3.63) is 82.9 Å². The zero-order valence-corrected chi connectivity index (χ0v) is 21.5. The van der Waals surface area contributed by atoms with Crippen LogP contribution in [0.5, 0.6) is 17.2 Å². The number of benzene rings is 3. The number of amides is 3. The van der Waals surface area contributed by atoms with Gasteiger partial charge in [0.15, 0.2) is 11.5 Å². The molecule has 1 saturated heterocycles. The number of halogens is 1. The maximum absolute atomic E-state index is 13.7. The summed E-state index contributed by atoms with van der Waals surface area (Å²) in [5.41, 5.74) is 1.65. The minimum Gasteiger partial charge on any atom is -0.497 e. The third kappa shape index (κ3) is 5.54. The Morgan fingerprint density at radius 3 is 2.35 bits per heavy atom. The van der Waals surface area contributed by atoms with Gasteiger partial charge in [0.1, 0.15) is 11.8 Å². The molecule has 1 atom stereocenters. The molecule has 37 heavy (non-hydrogen) atoms. The van der Waals surface area contributed by atoms with Crippen molar-refractivity contribution in [2.45, 2.75) is 18.9 Å². The van der Waals surface area contributed by atoms with Crippen molar-refractivity contribution >= 4 is 35.0 Å². The lowest BCUT2D eigenvalue weighted by molar-refractivity contribution is -0.122. The summed E-state index contributed by atoms with van der Waals surface area (Å²) in [5, 5.41) is 0.490. The van der Waals surface area contributed by atoms with E-state index >= 15 is 0 Å². The zero-order chi connectivity index (χ0) is 26.5. The van der Waals surface area contributed by atoms with Crippen LogP contribution in [0.4, 0.5) is 5.69 Å². The van der Waals surface area contributed by atoms with E-state index in [-0.39, 0.29) is 24.8 Å². The molecular weight excluding hydrogens is 496 g/mol. The maximum atomic E-state index is 13.7. The quantitative estimate of drug-likeness (QED) is 0.388. The minimum absolute atomic E-state index is 0.122. The van der Waals surface area contributed by atoms with Gasteiger partial charge >= 0.3 is 0 Å². The van der Waals surface area contributed by atoms with Crippen molar-refractivity contribution < 1.29 is 28.6 Å². The zero-order valence-electron chi connectivity index (χ0n) is 20.8. The van der Waals surface area contributed by atoms with E-state index < -0.39 is 11.9 Å². The molecule has 3 aromatic rings. The summed E-state index contributed by atoms with van der Waals surface area (Å²) >= 11 is 5.98. The highest BCUT2D eigenvalue weighted by atomic mass is 35.5. The van der Waals surface area contributed by atoms with Crippen LogP contribution < -0.4 is 19.1 Å². The monoisotopic (exact) mass is 522 g/mol. The van der Waals surface area contributed by atoms with E-state index in [1.165, 1.54) is 12.0 Å². The fraction of sp³-hybridized carbons (Fsp3) is 0.250. The Kier molecular flexibility index (Phi) is 7.98. The molecule has 4 rings (SSSR count). The highest BCUT2D eigenvalue weighted by Crippen LogP contribution is 2.30. The van der Waals surface area contributed by atoms with Crippen molar-refractivity contribution in [3.63, 3.8) is 0 Å². The summed E-state index contributed by atoms with van der Waals surface area (Å²) in [6.45, 7) is 0.198. The molecule has 0 aromatic heterocycles. The number of carbonyl (C=O) groups excluding carboxylic acids is 3. The van der Waals surface area contributed by atoms with Gasteiger partial charge in [-0.3, -0.25) is 14.4 Å². The first-order chi connectivity index (χ1) is 17.9. The number of rotatable bonds is 9. The van der Waals surface area contributed by atoms with Crippen LogP contribution in [0.15, 0.2) is 66.7 Å². The molecule has 1 unspecified atom stereocenters. The van der Waals surface area contributed by atoms with Crippen LogP contribution in [0.2, 0.25) is 5.02 Å². The van der Waals surface area contributed by atoms with Crippen LogP contribution in [-0.2, 0) is 16.0 Å². The molecule has 9 heteroatoms. The van der Waals surface area contributed by atoms with Crippen LogP contribution in [-0.4, -0.2) is 56.5 Å². The highest BCUT2D eigenvalue weighted by Gasteiger charge is 2.44. The van der Waals surface area contributed by atoms with Gasteiger partial charge in [-0.25, -0.2) is 4.90 Å². The Hall–Kier alpha value is -4.04. The molecule has 1 aliphatic rings. The Morgan fingerprint density at radius 2 is 1.68 bits per heavy atom. The molecule has 1 heterocycles. The molecule has 0 aliphatic carbocycles.